The number of benzene rings is 1. The van der Waals surface area contributed by atoms with E-state index in [9.17, 15) is 9.18 Å². The van der Waals surface area contributed by atoms with E-state index in [1.807, 2.05) is 6.07 Å². The van der Waals surface area contributed by atoms with E-state index in [4.69, 9.17) is 0 Å². The molecule has 1 saturated heterocycles. The fraction of sp³-hybridized carbons (Fsp3) is 0.588. The second-order valence-electron chi connectivity index (χ2n) is 6.35. The van der Waals surface area contributed by atoms with Crippen LogP contribution in [-0.4, -0.2) is 19.0 Å². The fourth-order valence-electron chi connectivity index (χ4n) is 3.54. The van der Waals surface area contributed by atoms with Gasteiger partial charge in [-0.25, -0.2) is 4.39 Å². The zero-order chi connectivity index (χ0) is 14.8. The van der Waals surface area contributed by atoms with Crippen molar-refractivity contribution in [3.05, 3.63) is 35.1 Å². The maximum atomic E-state index is 13.9. The van der Waals surface area contributed by atoms with E-state index < -0.39 is 0 Å². The van der Waals surface area contributed by atoms with Gasteiger partial charge in [0.1, 0.15) is 5.82 Å². The molecule has 3 atom stereocenters. The highest BCUT2D eigenvalue weighted by Gasteiger charge is 2.31. The minimum atomic E-state index is -0.141. The third-order valence-corrected chi connectivity index (χ3v) is 4.87. The molecule has 0 radical (unpaired) electrons. The maximum Gasteiger partial charge on any atom is 0.224 e. The molecule has 1 heterocycles. The Bertz CT molecular complexity index is 531. The third-order valence-electron chi connectivity index (χ3n) is 4.87. The smallest absolute Gasteiger partial charge is 0.224 e. The summed E-state index contributed by atoms with van der Waals surface area (Å²) < 4.78 is 13.9. The lowest BCUT2D eigenvalue weighted by Crippen LogP contribution is -2.44. The molecule has 3 unspecified atom stereocenters. The number of fused-ring (bicyclic) bond motifs is 1. The second-order valence-corrected chi connectivity index (χ2v) is 6.35. The van der Waals surface area contributed by atoms with Crippen LogP contribution in [0.3, 0.4) is 0 Å². The maximum absolute atomic E-state index is 13.9. The molecule has 3 nitrogen and oxygen atoms in total. The molecular formula is C17H24ClFN2O. The highest BCUT2D eigenvalue weighted by molar-refractivity contribution is 5.85. The molecule has 2 N–H and O–H groups in total. The summed E-state index contributed by atoms with van der Waals surface area (Å²) in [7, 11) is 0. The molecule has 0 aromatic heterocycles. The molecule has 122 valence electrons. The molecule has 1 aliphatic heterocycles. The Kier molecular flexibility index (Phi) is 5.81. The zero-order valence-corrected chi connectivity index (χ0v) is 13.7. The van der Waals surface area contributed by atoms with Gasteiger partial charge in [-0.3, -0.25) is 4.79 Å². The number of carbonyl (C=O) groups excluding carboxylic acids is 1. The van der Waals surface area contributed by atoms with Gasteiger partial charge in [0.2, 0.25) is 5.91 Å². The van der Waals surface area contributed by atoms with E-state index in [1.165, 1.54) is 6.07 Å². The van der Waals surface area contributed by atoms with Crippen molar-refractivity contribution in [2.45, 2.75) is 38.6 Å². The minimum absolute atomic E-state index is 0. The number of amides is 1. The first-order chi connectivity index (χ1) is 10.2. The lowest BCUT2D eigenvalue weighted by atomic mass is 9.80. The van der Waals surface area contributed by atoms with Gasteiger partial charge in [0, 0.05) is 6.54 Å². The molecule has 1 fully saturated rings. The summed E-state index contributed by atoms with van der Waals surface area (Å²) in [5.74, 6) is 0.360. The summed E-state index contributed by atoms with van der Waals surface area (Å²) in [5.41, 5.74) is 1.74. The minimum Gasteiger partial charge on any atom is -0.349 e. The summed E-state index contributed by atoms with van der Waals surface area (Å²) in [6.45, 7) is 3.89. The van der Waals surface area contributed by atoms with Gasteiger partial charge in [-0.1, -0.05) is 19.1 Å². The Morgan fingerprint density at radius 2 is 2.18 bits per heavy atom. The van der Waals surface area contributed by atoms with Gasteiger partial charge in [0.25, 0.3) is 0 Å². The molecule has 1 aromatic rings. The van der Waals surface area contributed by atoms with E-state index >= 15 is 0 Å². The highest BCUT2D eigenvalue weighted by Crippen LogP contribution is 2.35. The van der Waals surface area contributed by atoms with Crippen molar-refractivity contribution in [1.29, 1.82) is 0 Å². The van der Waals surface area contributed by atoms with Crippen molar-refractivity contribution in [1.82, 2.24) is 10.6 Å². The van der Waals surface area contributed by atoms with Gasteiger partial charge < -0.3 is 10.6 Å². The average Bonchev–Trinajstić information content (AvgIpc) is 2.51. The lowest BCUT2D eigenvalue weighted by molar-refractivity contribution is -0.126. The molecular weight excluding hydrogens is 303 g/mol. The molecule has 3 rings (SSSR count). The number of hydrogen-bond donors (Lipinski definition) is 2. The number of piperidine rings is 1. The number of halogens is 2. The van der Waals surface area contributed by atoms with E-state index in [1.54, 1.807) is 6.07 Å². The molecule has 0 bridgehead atoms. The first-order valence-corrected chi connectivity index (χ1v) is 7.95. The lowest BCUT2D eigenvalue weighted by Gasteiger charge is -2.34. The predicted molar refractivity (Wildman–Crippen MR) is 87.6 cm³/mol. The molecule has 0 spiro atoms. The quantitative estimate of drug-likeness (QED) is 0.877. The number of hydrogen-bond acceptors (Lipinski definition) is 2. The zero-order valence-electron chi connectivity index (χ0n) is 12.9. The van der Waals surface area contributed by atoms with Crippen LogP contribution < -0.4 is 10.6 Å². The second kappa shape index (κ2) is 7.42. The summed E-state index contributed by atoms with van der Waals surface area (Å²) in [4.78, 5) is 12.5. The Labute approximate surface area is 137 Å². The first-order valence-electron chi connectivity index (χ1n) is 7.95. The van der Waals surface area contributed by atoms with Crippen molar-refractivity contribution >= 4 is 18.3 Å². The van der Waals surface area contributed by atoms with E-state index in [0.717, 1.165) is 49.9 Å². The number of carbonyl (C=O) groups is 1. The molecule has 0 saturated carbocycles. The van der Waals surface area contributed by atoms with Crippen LogP contribution in [0.25, 0.3) is 0 Å². The van der Waals surface area contributed by atoms with Crippen molar-refractivity contribution in [2.75, 3.05) is 13.1 Å². The van der Waals surface area contributed by atoms with Gasteiger partial charge >= 0.3 is 0 Å². The standard InChI is InChI=1S/C17H23FN2O.ClH/c1-11-7-8-13-14(5-2-6-15(13)18)16(11)20-17(21)12-4-3-9-19-10-12;/h2,5-6,11-12,16,19H,3-4,7-10H2,1H3,(H,20,21);1H. The first kappa shape index (κ1) is 17.2. The summed E-state index contributed by atoms with van der Waals surface area (Å²) in [6, 6.07) is 5.16. The summed E-state index contributed by atoms with van der Waals surface area (Å²) >= 11 is 0. The summed E-state index contributed by atoms with van der Waals surface area (Å²) in [5, 5.41) is 6.45. The van der Waals surface area contributed by atoms with Gasteiger partial charge in [-0.2, -0.15) is 0 Å². The Morgan fingerprint density at radius 1 is 1.36 bits per heavy atom. The van der Waals surface area contributed by atoms with Crippen LogP contribution in [-0.2, 0) is 11.2 Å². The molecule has 2 aliphatic rings. The fourth-order valence-corrected chi connectivity index (χ4v) is 3.54. The van der Waals surface area contributed by atoms with Crippen molar-refractivity contribution in [3.8, 4) is 0 Å². The largest absolute Gasteiger partial charge is 0.349 e. The van der Waals surface area contributed by atoms with Gasteiger partial charge in [0.15, 0.2) is 0 Å². The Balaban J connectivity index is 0.00000176. The van der Waals surface area contributed by atoms with E-state index in [2.05, 4.69) is 17.6 Å². The molecule has 1 aliphatic carbocycles. The monoisotopic (exact) mass is 326 g/mol. The van der Waals surface area contributed by atoms with Crippen LogP contribution in [0.1, 0.15) is 43.4 Å². The van der Waals surface area contributed by atoms with Gasteiger partial charge in [-0.05, 0) is 55.3 Å². The third kappa shape index (κ3) is 3.44. The normalized spacial score (nSPS) is 27.5. The van der Waals surface area contributed by atoms with Crippen LogP contribution >= 0.6 is 12.4 Å². The van der Waals surface area contributed by atoms with Crippen LogP contribution in [0.15, 0.2) is 18.2 Å². The molecule has 1 amide bonds. The summed E-state index contributed by atoms with van der Waals surface area (Å²) in [6.07, 6.45) is 3.67. The predicted octanol–water partition coefficient (Wildman–Crippen LogP) is 2.99. The van der Waals surface area contributed by atoms with E-state index in [0.29, 0.717) is 5.92 Å². The average molecular weight is 327 g/mol. The van der Waals surface area contributed by atoms with Crippen molar-refractivity contribution < 1.29 is 9.18 Å². The van der Waals surface area contributed by atoms with Crippen molar-refractivity contribution in [3.63, 3.8) is 0 Å². The molecule has 22 heavy (non-hydrogen) atoms. The Hall–Kier alpha value is -1.13. The van der Waals surface area contributed by atoms with Crippen LogP contribution in [0.2, 0.25) is 0 Å². The molecule has 5 heteroatoms. The number of nitrogens with one attached hydrogen (secondary N) is 2. The van der Waals surface area contributed by atoms with Crippen LogP contribution in [0.4, 0.5) is 4.39 Å². The van der Waals surface area contributed by atoms with Crippen molar-refractivity contribution in [2.24, 2.45) is 11.8 Å². The van der Waals surface area contributed by atoms with Gasteiger partial charge in [0.05, 0.1) is 12.0 Å². The molecule has 1 aromatic carbocycles. The van der Waals surface area contributed by atoms with E-state index in [-0.39, 0.29) is 36.1 Å². The SMILES string of the molecule is CC1CCc2c(F)cccc2C1NC(=O)C1CCCNC1.Cl. The topological polar surface area (TPSA) is 41.1 Å². The Morgan fingerprint density at radius 3 is 2.91 bits per heavy atom. The number of rotatable bonds is 2. The highest BCUT2D eigenvalue weighted by atomic mass is 35.5. The van der Waals surface area contributed by atoms with Crippen LogP contribution in [0.5, 0.6) is 0 Å². The van der Waals surface area contributed by atoms with Crippen LogP contribution in [0, 0.1) is 17.7 Å². The van der Waals surface area contributed by atoms with Gasteiger partial charge in [-0.15, -0.1) is 12.4 Å².